The molecule has 0 saturated heterocycles. The third-order valence-corrected chi connectivity index (χ3v) is 10.1. The van der Waals surface area contributed by atoms with Crippen LogP contribution in [0.4, 0.5) is 0 Å². The number of nitrogens with zero attached hydrogens (tertiary/aromatic N) is 1. The molecule has 53 heavy (non-hydrogen) atoms. The maximum absolute atomic E-state index is 12.7. The van der Waals surface area contributed by atoms with Gasteiger partial charge in [-0.05, 0) is 12.8 Å². The second-order valence-electron chi connectivity index (χ2n) is 14.1. The fourth-order valence-corrected chi connectivity index (χ4v) is 6.64. The summed E-state index contributed by atoms with van der Waals surface area (Å²) in [6.07, 6.45) is 28.2. The number of nitrogens with two attached hydrogens (primary N) is 1. The highest BCUT2D eigenvalue weighted by Crippen LogP contribution is 2.43. The van der Waals surface area contributed by atoms with Gasteiger partial charge >= 0.3 is 19.8 Å². The van der Waals surface area contributed by atoms with Gasteiger partial charge in [-0.3, -0.25) is 23.4 Å². The molecule has 1 aromatic heterocycles. The first-order valence-electron chi connectivity index (χ1n) is 20.6. The Morgan fingerprint density at radius 1 is 0.755 bits per heavy atom. The third-order valence-electron chi connectivity index (χ3n) is 9.11. The van der Waals surface area contributed by atoms with Crippen molar-refractivity contribution in [3.63, 3.8) is 0 Å². The molecule has 0 radical (unpaired) electrons. The number of nitrogens with one attached hydrogen (secondary N) is 2. The number of phosphoric acid groups is 1. The SMILES string of the molecule is CCCCCCCCCCCCCC(=O)OCC(COP(=O)(O)OCCNC(=O)C(N)Cc1cnc[nH]1)OC(=O)CCCCCCCCCCCCC. The summed E-state index contributed by atoms with van der Waals surface area (Å²) in [5.74, 6) is -1.37. The van der Waals surface area contributed by atoms with E-state index in [0.29, 0.717) is 18.5 Å². The minimum absolute atomic E-state index is 0.0859. The number of esters is 2. The summed E-state index contributed by atoms with van der Waals surface area (Å²) in [6.45, 7) is 3.22. The standard InChI is InChI=1S/C39H73N4O9P/c1-3-5-7-9-11-13-15-17-19-21-23-25-37(44)49-31-35(52-38(45)26-24-22-20-18-16-14-12-10-8-6-4-2)32-51-53(47,48)50-28-27-42-39(46)36(40)29-34-30-41-33-43-34/h30,33,35-36H,3-29,31-32,40H2,1-2H3,(H,41,43)(H,42,46)(H,47,48). The number of carbonyl (C=O) groups is 3. The largest absolute Gasteiger partial charge is 0.472 e. The molecule has 1 aromatic rings. The van der Waals surface area contributed by atoms with Crippen LogP contribution in [0.1, 0.15) is 174 Å². The van der Waals surface area contributed by atoms with Crippen LogP contribution in [0.15, 0.2) is 12.5 Å². The van der Waals surface area contributed by atoms with Crippen molar-refractivity contribution in [2.24, 2.45) is 5.73 Å². The lowest BCUT2D eigenvalue weighted by Gasteiger charge is -2.20. The summed E-state index contributed by atoms with van der Waals surface area (Å²) in [5.41, 5.74) is 6.59. The second-order valence-corrected chi connectivity index (χ2v) is 15.6. The molecule has 1 heterocycles. The average Bonchev–Trinajstić information content (AvgIpc) is 3.65. The third kappa shape index (κ3) is 29.7. The monoisotopic (exact) mass is 773 g/mol. The van der Waals surface area contributed by atoms with Gasteiger partial charge in [0.2, 0.25) is 5.91 Å². The zero-order valence-electron chi connectivity index (χ0n) is 33.0. The van der Waals surface area contributed by atoms with E-state index in [1.54, 1.807) is 6.20 Å². The van der Waals surface area contributed by atoms with Gasteiger partial charge in [-0.2, -0.15) is 0 Å². The highest BCUT2D eigenvalue weighted by Gasteiger charge is 2.26. The van der Waals surface area contributed by atoms with Gasteiger partial charge in [0.1, 0.15) is 6.61 Å². The molecule has 308 valence electrons. The average molecular weight is 773 g/mol. The minimum Gasteiger partial charge on any atom is -0.462 e. The van der Waals surface area contributed by atoms with E-state index in [4.69, 9.17) is 24.3 Å². The van der Waals surface area contributed by atoms with Gasteiger partial charge in [-0.15, -0.1) is 0 Å². The van der Waals surface area contributed by atoms with Gasteiger partial charge in [0, 0.05) is 37.7 Å². The van der Waals surface area contributed by atoms with Gasteiger partial charge in [0.25, 0.3) is 0 Å². The van der Waals surface area contributed by atoms with Crippen LogP contribution in [0.3, 0.4) is 0 Å². The van der Waals surface area contributed by atoms with Crippen LogP contribution in [-0.2, 0) is 43.9 Å². The Balaban J connectivity index is 2.42. The first kappa shape index (κ1) is 48.7. The van der Waals surface area contributed by atoms with Crippen LogP contribution in [-0.4, -0.2) is 71.2 Å². The van der Waals surface area contributed by atoms with Crippen molar-refractivity contribution in [2.75, 3.05) is 26.4 Å². The Labute approximate surface area is 319 Å². The highest BCUT2D eigenvalue weighted by molar-refractivity contribution is 7.47. The number of rotatable bonds is 37. The molecule has 1 rings (SSSR count). The number of aromatic nitrogens is 2. The molecule has 0 aliphatic rings. The van der Waals surface area contributed by atoms with Gasteiger partial charge < -0.3 is 30.4 Å². The van der Waals surface area contributed by atoms with Crippen LogP contribution in [0, 0.1) is 0 Å². The fourth-order valence-electron chi connectivity index (χ4n) is 5.89. The molecular formula is C39H73N4O9P. The number of aromatic amines is 1. The van der Waals surface area contributed by atoms with Crippen molar-refractivity contribution in [3.8, 4) is 0 Å². The molecule has 0 aliphatic carbocycles. The smallest absolute Gasteiger partial charge is 0.462 e. The number of phosphoric ester groups is 1. The predicted molar refractivity (Wildman–Crippen MR) is 208 cm³/mol. The second kappa shape index (κ2) is 33.1. The van der Waals surface area contributed by atoms with E-state index in [9.17, 15) is 23.8 Å². The van der Waals surface area contributed by atoms with E-state index in [1.807, 2.05) is 0 Å². The Bertz CT molecular complexity index is 1090. The number of hydrogen-bond acceptors (Lipinski definition) is 10. The highest BCUT2D eigenvalue weighted by atomic mass is 31.2. The van der Waals surface area contributed by atoms with Crippen LogP contribution >= 0.6 is 7.82 Å². The maximum atomic E-state index is 12.7. The Kier molecular flexibility index (Phi) is 30.4. The van der Waals surface area contributed by atoms with Crippen molar-refractivity contribution in [3.05, 3.63) is 18.2 Å². The number of H-pyrrole nitrogens is 1. The molecule has 3 unspecified atom stereocenters. The molecule has 14 heteroatoms. The summed E-state index contributed by atoms with van der Waals surface area (Å²) in [4.78, 5) is 54.3. The van der Waals surface area contributed by atoms with Crippen LogP contribution in [0.5, 0.6) is 0 Å². The van der Waals surface area contributed by atoms with Crippen molar-refractivity contribution in [1.29, 1.82) is 0 Å². The van der Waals surface area contributed by atoms with E-state index in [1.165, 1.54) is 96.2 Å². The molecule has 13 nitrogen and oxygen atoms in total. The number of amides is 1. The summed E-state index contributed by atoms with van der Waals surface area (Å²) in [7, 11) is -4.58. The molecular weight excluding hydrogens is 699 g/mol. The lowest BCUT2D eigenvalue weighted by molar-refractivity contribution is -0.161. The topological polar surface area (TPSA) is 192 Å². The molecule has 1 amide bonds. The maximum Gasteiger partial charge on any atom is 0.472 e. The van der Waals surface area contributed by atoms with Gasteiger partial charge in [-0.25, -0.2) is 9.55 Å². The molecule has 0 fully saturated rings. The van der Waals surface area contributed by atoms with Crippen LogP contribution < -0.4 is 11.1 Å². The van der Waals surface area contributed by atoms with E-state index in [-0.39, 0.29) is 39.0 Å². The molecule has 0 spiro atoms. The van der Waals surface area contributed by atoms with Crippen molar-refractivity contribution in [2.45, 2.75) is 187 Å². The Hall–Kier alpha value is -2.31. The molecule has 0 aromatic carbocycles. The van der Waals surface area contributed by atoms with E-state index in [2.05, 4.69) is 29.1 Å². The van der Waals surface area contributed by atoms with Crippen LogP contribution in [0.2, 0.25) is 0 Å². The Morgan fingerprint density at radius 3 is 1.74 bits per heavy atom. The van der Waals surface area contributed by atoms with Gasteiger partial charge in [0.05, 0.1) is 25.6 Å². The van der Waals surface area contributed by atoms with Gasteiger partial charge in [0.15, 0.2) is 6.10 Å². The summed E-state index contributed by atoms with van der Waals surface area (Å²) in [6, 6.07) is -0.842. The van der Waals surface area contributed by atoms with Crippen LogP contribution in [0.25, 0.3) is 0 Å². The number of ether oxygens (including phenoxy) is 2. The quantitative estimate of drug-likeness (QED) is 0.0288. The van der Waals surface area contributed by atoms with E-state index < -0.39 is 44.4 Å². The molecule has 5 N–H and O–H groups in total. The zero-order valence-corrected chi connectivity index (χ0v) is 33.9. The van der Waals surface area contributed by atoms with Crippen molar-refractivity contribution in [1.82, 2.24) is 15.3 Å². The predicted octanol–water partition coefficient (Wildman–Crippen LogP) is 8.39. The van der Waals surface area contributed by atoms with E-state index in [0.717, 1.165) is 38.5 Å². The first-order chi connectivity index (χ1) is 25.7. The van der Waals surface area contributed by atoms with Crippen molar-refractivity contribution >= 4 is 25.7 Å². The molecule has 3 atom stereocenters. The first-order valence-corrected chi connectivity index (χ1v) is 22.1. The number of imidazole rings is 1. The molecule has 0 bridgehead atoms. The number of unbranched alkanes of at least 4 members (excludes halogenated alkanes) is 20. The minimum atomic E-state index is -4.58. The lowest BCUT2D eigenvalue weighted by atomic mass is 10.1. The number of carbonyl (C=O) groups excluding carboxylic acids is 3. The fraction of sp³-hybridized carbons (Fsp3) is 0.846. The molecule has 0 aliphatic heterocycles. The summed E-state index contributed by atoms with van der Waals surface area (Å²) in [5, 5.41) is 2.54. The normalized spacial score (nSPS) is 13.7. The zero-order chi connectivity index (χ0) is 38.8. The lowest BCUT2D eigenvalue weighted by Crippen LogP contribution is -2.43. The Morgan fingerprint density at radius 2 is 1.25 bits per heavy atom. The summed E-state index contributed by atoms with van der Waals surface area (Å²) < 4.78 is 33.5. The molecule has 0 saturated carbocycles. The van der Waals surface area contributed by atoms with Crippen molar-refractivity contribution < 1.29 is 42.4 Å². The van der Waals surface area contributed by atoms with Gasteiger partial charge in [-0.1, -0.05) is 142 Å². The number of hydrogen-bond donors (Lipinski definition) is 4. The van der Waals surface area contributed by atoms with E-state index >= 15 is 0 Å². The summed E-state index contributed by atoms with van der Waals surface area (Å²) >= 11 is 0.